The Morgan fingerprint density at radius 1 is 1.00 bits per heavy atom. The molecule has 158 valence electrons. The maximum Gasteiger partial charge on any atom is 0.255 e. The van der Waals surface area contributed by atoms with E-state index in [2.05, 4.69) is 19.2 Å². The van der Waals surface area contributed by atoms with E-state index < -0.39 is 0 Å². The molecule has 2 bridgehead atoms. The number of carbonyl (C=O) groups excluding carboxylic acids is 2. The summed E-state index contributed by atoms with van der Waals surface area (Å²) in [5, 5.41) is 3.10. The Labute approximate surface area is 174 Å². The molecule has 2 aliphatic carbocycles. The number of rotatable bonds is 3. The van der Waals surface area contributed by atoms with E-state index in [4.69, 9.17) is 5.73 Å². The number of nitrogens with one attached hydrogen (secondary N) is 1. The molecule has 29 heavy (non-hydrogen) atoms. The van der Waals surface area contributed by atoms with Crippen molar-refractivity contribution in [2.45, 2.75) is 58.4 Å². The molecule has 0 radical (unpaired) electrons. The lowest BCUT2D eigenvalue weighted by Gasteiger charge is -2.43. The highest BCUT2D eigenvalue weighted by Crippen LogP contribution is 2.42. The number of para-hydroxylation sites is 1. The summed E-state index contributed by atoms with van der Waals surface area (Å²) in [6.07, 6.45) is 6.43. The van der Waals surface area contributed by atoms with Crippen LogP contribution in [0.3, 0.4) is 0 Å². The lowest BCUT2D eigenvalue weighted by atomic mass is 9.65. The van der Waals surface area contributed by atoms with Gasteiger partial charge in [0.25, 0.3) is 5.91 Å². The van der Waals surface area contributed by atoms with Crippen molar-refractivity contribution in [1.29, 1.82) is 0 Å². The molecule has 1 aromatic carbocycles. The summed E-state index contributed by atoms with van der Waals surface area (Å²) in [4.78, 5) is 28.3. The van der Waals surface area contributed by atoms with Gasteiger partial charge in [0.1, 0.15) is 0 Å². The van der Waals surface area contributed by atoms with Gasteiger partial charge in [0, 0.05) is 25.0 Å². The topological polar surface area (TPSA) is 75.4 Å². The van der Waals surface area contributed by atoms with E-state index in [-0.39, 0.29) is 23.8 Å². The molecule has 5 heteroatoms. The molecule has 4 atom stereocenters. The Morgan fingerprint density at radius 2 is 1.62 bits per heavy atom. The number of nitrogens with two attached hydrogens (primary N) is 1. The van der Waals surface area contributed by atoms with Crippen LogP contribution in [-0.4, -0.2) is 35.8 Å². The van der Waals surface area contributed by atoms with Gasteiger partial charge in [-0.3, -0.25) is 9.59 Å². The second-order valence-corrected chi connectivity index (χ2v) is 9.89. The van der Waals surface area contributed by atoms with E-state index in [1.807, 2.05) is 29.2 Å². The largest absolute Gasteiger partial charge is 0.338 e. The van der Waals surface area contributed by atoms with Crippen molar-refractivity contribution in [3.8, 4) is 0 Å². The van der Waals surface area contributed by atoms with Crippen LogP contribution in [-0.2, 0) is 4.79 Å². The normalized spacial score (nSPS) is 34.5. The second-order valence-electron chi connectivity index (χ2n) is 9.89. The zero-order chi connectivity index (χ0) is 20.5. The Bertz CT molecular complexity index is 740. The molecule has 0 spiro atoms. The van der Waals surface area contributed by atoms with E-state index in [1.54, 1.807) is 0 Å². The Kier molecular flexibility index (Phi) is 5.95. The van der Waals surface area contributed by atoms with Crippen LogP contribution in [0.15, 0.2) is 24.3 Å². The molecule has 0 aromatic heterocycles. The van der Waals surface area contributed by atoms with Crippen LogP contribution in [0.1, 0.15) is 62.7 Å². The molecule has 1 heterocycles. The number of hydrogen-bond donors (Lipinski definition) is 2. The molecule has 3 aliphatic rings. The quantitative estimate of drug-likeness (QED) is 0.812. The van der Waals surface area contributed by atoms with Gasteiger partial charge >= 0.3 is 0 Å². The van der Waals surface area contributed by atoms with Gasteiger partial charge < -0.3 is 16.0 Å². The number of piperidine rings is 1. The minimum Gasteiger partial charge on any atom is -0.338 e. The van der Waals surface area contributed by atoms with Gasteiger partial charge in [0.15, 0.2) is 0 Å². The number of fused-ring (bicyclic) bond motifs is 2. The van der Waals surface area contributed by atoms with Crippen LogP contribution in [0.2, 0.25) is 0 Å². The molecule has 2 amide bonds. The third-order valence-electron chi connectivity index (χ3n) is 7.36. The summed E-state index contributed by atoms with van der Waals surface area (Å²) in [6, 6.07) is 7.72. The van der Waals surface area contributed by atoms with Gasteiger partial charge in [-0.1, -0.05) is 32.4 Å². The van der Waals surface area contributed by atoms with Crippen molar-refractivity contribution in [3.05, 3.63) is 29.8 Å². The van der Waals surface area contributed by atoms with Gasteiger partial charge in [-0.05, 0) is 67.9 Å². The maximum absolute atomic E-state index is 13.2. The van der Waals surface area contributed by atoms with Crippen LogP contribution >= 0.6 is 0 Å². The fourth-order valence-corrected chi connectivity index (χ4v) is 6.02. The lowest BCUT2D eigenvalue weighted by molar-refractivity contribution is -0.122. The van der Waals surface area contributed by atoms with E-state index in [1.165, 1.54) is 6.42 Å². The number of nitrogens with zero attached hydrogens (tertiary/aromatic N) is 1. The molecule has 4 unspecified atom stereocenters. The number of carbonyl (C=O) groups is 2. The summed E-state index contributed by atoms with van der Waals surface area (Å²) >= 11 is 0. The molecular formula is C24H35N3O2. The van der Waals surface area contributed by atoms with Crippen molar-refractivity contribution < 1.29 is 9.59 Å². The van der Waals surface area contributed by atoms with E-state index in [0.29, 0.717) is 34.9 Å². The summed E-state index contributed by atoms with van der Waals surface area (Å²) in [5.41, 5.74) is 7.64. The fraction of sp³-hybridized carbons (Fsp3) is 0.667. The van der Waals surface area contributed by atoms with E-state index >= 15 is 0 Å². The first-order chi connectivity index (χ1) is 13.9. The Hall–Kier alpha value is -1.88. The third-order valence-corrected chi connectivity index (χ3v) is 7.36. The van der Waals surface area contributed by atoms with E-state index in [0.717, 1.165) is 45.2 Å². The van der Waals surface area contributed by atoms with Crippen molar-refractivity contribution in [2.24, 2.45) is 35.3 Å². The predicted octanol–water partition coefficient (Wildman–Crippen LogP) is 3.90. The van der Waals surface area contributed by atoms with Crippen LogP contribution in [0.4, 0.5) is 5.69 Å². The molecule has 2 saturated carbocycles. The van der Waals surface area contributed by atoms with Gasteiger partial charge in [-0.2, -0.15) is 0 Å². The zero-order valence-electron chi connectivity index (χ0n) is 17.8. The summed E-state index contributed by atoms with van der Waals surface area (Å²) in [5.74, 6) is 2.03. The molecule has 3 N–H and O–H groups in total. The molecular weight excluding hydrogens is 362 g/mol. The molecule has 1 saturated heterocycles. The summed E-state index contributed by atoms with van der Waals surface area (Å²) < 4.78 is 0. The Balaban J connectivity index is 1.47. The smallest absolute Gasteiger partial charge is 0.255 e. The first kappa shape index (κ1) is 20.4. The van der Waals surface area contributed by atoms with Crippen LogP contribution < -0.4 is 11.1 Å². The summed E-state index contributed by atoms with van der Waals surface area (Å²) in [7, 11) is 0. The third kappa shape index (κ3) is 4.35. The van der Waals surface area contributed by atoms with E-state index in [9.17, 15) is 9.59 Å². The minimum atomic E-state index is 0.00305. The Morgan fingerprint density at radius 3 is 2.28 bits per heavy atom. The summed E-state index contributed by atoms with van der Waals surface area (Å²) in [6.45, 7) is 5.98. The van der Waals surface area contributed by atoms with Gasteiger partial charge in [-0.25, -0.2) is 0 Å². The van der Waals surface area contributed by atoms with Crippen molar-refractivity contribution in [3.63, 3.8) is 0 Å². The molecule has 4 rings (SSSR count). The number of likely N-dealkylation sites (tertiary alicyclic amines) is 1. The van der Waals surface area contributed by atoms with Gasteiger partial charge in [0.05, 0.1) is 11.3 Å². The van der Waals surface area contributed by atoms with Crippen molar-refractivity contribution in [2.75, 3.05) is 18.4 Å². The van der Waals surface area contributed by atoms with Crippen molar-refractivity contribution in [1.82, 2.24) is 4.90 Å². The number of benzene rings is 1. The molecule has 5 nitrogen and oxygen atoms in total. The number of anilines is 1. The average Bonchev–Trinajstić information content (AvgIpc) is 2.67. The first-order valence-electron chi connectivity index (χ1n) is 11.4. The van der Waals surface area contributed by atoms with Gasteiger partial charge in [0.2, 0.25) is 5.91 Å². The van der Waals surface area contributed by atoms with Crippen LogP contribution in [0.25, 0.3) is 0 Å². The van der Waals surface area contributed by atoms with Crippen LogP contribution in [0, 0.1) is 29.6 Å². The standard InChI is InChI=1S/C24H35N3O2/c1-15-10-16(2)14-27(13-15)24(29)20-8-3-4-9-21(20)26-23(28)19-11-17-6-5-7-18(12-19)22(17)25/h3-4,8-9,15-19,22H,5-7,10-14,25H2,1-2H3,(H,26,28). The molecule has 1 aliphatic heterocycles. The van der Waals surface area contributed by atoms with Gasteiger partial charge in [-0.15, -0.1) is 0 Å². The monoisotopic (exact) mass is 397 g/mol. The van der Waals surface area contributed by atoms with Crippen molar-refractivity contribution >= 4 is 17.5 Å². The minimum absolute atomic E-state index is 0.00305. The molecule has 3 fully saturated rings. The molecule has 1 aromatic rings. The predicted molar refractivity (Wildman–Crippen MR) is 115 cm³/mol. The lowest BCUT2D eigenvalue weighted by Crippen LogP contribution is -2.48. The first-order valence-corrected chi connectivity index (χ1v) is 11.4. The number of amides is 2. The fourth-order valence-electron chi connectivity index (χ4n) is 6.02. The second kappa shape index (κ2) is 8.47. The highest BCUT2D eigenvalue weighted by Gasteiger charge is 2.40. The average molecular weight is 398 g/mol. The SMILES string of the molecule is CC1CC(C)CN(C(=O)c2ccccc2NC(=O)C2CC3CCCC(C2)C3N)C1. The van der Waals surface area contributed by atoms with Crippen LogP contribution in [0.5, 0.6) is 0 Å². The number of hydrogen-bond acceptors (Lipinski definition) is 3. The zero-order valence-corrected chi connectivity index (χ0v) is 17.8. The maximum atomic E-state index is 13.2. The highest BCUT2D eigenvalue weighted by atomic mass is 16.2. The highest BCUT2D eigenvalue weighted by molar-refractivity contribution is 6.04.